The topological polar surface area (TPSA) is 119 Å². The Morgan fingerprint density at radius 2 is 1.86 bits per heavy atom. The first kappa shape index (κ1) is 22.5. The number of fused-ring (bicyclic) bond motifs is 1. The van der Waals surface area contributed by atoms with Crippen LogP contribution >= 0.6 is 0 Å². The quantitative estimate of drug-likeness (QED) is 0.400. The van der Waals surface area contributed by atoms with Crippen molar-refractivity contribution in [1.29, 1.82) is 0 Å². The van der Waals surface area contributed by atoms with E-state index >= 15 is 0 Å². The summed E-state index contributed by atoms with van der Waals surface area (Å²) in [5.41, 5.74) is 3.19. The summed E-state index contributed by atoms with van der Waals surface area (Å²) in [6.07, 6.45) is 0. The number of carbonyl (C=O) groups is 1. The zero-order chi connectivity index (χ0) is 25.5. The molecule has 0 radical (unpaired) electrons. The van der Waals surface area contributed by atoms with E-state index in [2.05, 4.69) is 15.5 Å². The smallest absolute Gasteiger partial charge is 0.326 e. The van der Waals surface area contributed by atoms with Gasteiger partial charge >= 0.3 is 6.03 Å². The van der Waals surface area contributed by atoms with Crippen molar-refractivity contribution >= 4 is 17.3 Å². The second-order valence-corrected chi connectivity index (χ2v) is 8.48. The maximum absolute atomic E-state index is 13.3. The predicted octanol–water partition coefficient (Wildman–Crippen LogP) is 4.88. The van der Waals surface area contributed by atoms with Crippen molar-refractivity contribution in [3.05, 3.63) is 83.9 Å². The summed E-state index contributed by atoms with van der Waals surface area (Å²) in [7, 11) is 1.47. The van der Waals surface area contributed by atoms with E-state index in [0.717, 1.165) is 0 Å². The Bertz CT molecular complexity index is 1530. The maximum atomic E-state index is 13.3. The second-order valence-electron chi connectivity index (χ2n) is 8.48. The molecule has 10 heteroatoms. The number of phenolic OH excluding ortho intramolecular Hbond substituents is 1. The normalized spacial score (nSPS) is 16.6. The van der Waals surface area contributed by atoms with Crippen LogP contribution in [0.2, 0.25) is 0 Å². The average Bonchev–Trinajstić information content (AvgIpc) is 3.58. The summed E-state index contributed by atoms with van der Waals surface area (Å²) in [6, 6.07) is 18.6. The van der Waals surface area contributed by atoms with Gasteiger partial charge in [0.15, 0.2) is 23.0 Å². The first-order valence-electron chi connectivity index (χ1n) is 11.5. The van der Waals surface area contributed by atoms with E-state index in [0.29, 0.717) is 51.2 Å². The fourth-order valence-corrected chi connectivity index (χ4v) is 4.53. The highest BCUT2D eigenvalue weighted by Crippen LogP contribution is 2.41. The molecule has 10 nitrogen and oxygen atoms in total. The van der Waals surface area contributed by atoms with Crippen molar-refractivity contribution in [3.63, 3.8) is 0 Å². The Morgan fingerprint density at radius 3 is 2.65 bits per heavy atom. The van der Waals surface area contributed by atoms with Crippen molar-refractivity contribution in [3.8, 4) is 34.4 Å². The van der Waals surface area contributed by atoms with Crippen molar-refractivity contribution in [2.45, 2.75) is 13.0 Å². The molecule has 0 saturated carbocycles. The number of nitrogens with one attached hydrogen (secondary N) is 1. The fraction of sp³-hybridized carbons (Fsp3) is 0.148. The summed E-state index contributed by atoms with van der Waals surface area (Å²) < 4.78 is 21.8. The molecule has 2 aliphatic rings. The lowest BCUT2D eigenvalue weighted by Gasteiger charge is -2.35. The molecule has 0 aliphatic carbocycles. The standard InChI is InChI=1S/C27H22N4O6/c1-15-23(26-29-25(30-37-26)17-9-11-21-22(13-17)36-14-35-21)24(16-8-10-20(34-2)19(32)12-16)28-27(33)31(15)18-6-4-3-5-7-18/h3-13,24,32H,14H2,1-2H3,(H,28,33). The number of methoxy groups -OCH3 is 1. The summed E-state index contributed by atoms with van der Waals surface area (Å²) in [5.74, 6) is 2.11. The Balaban J connectivity index is 1.47. The molecule has 3 heterocycles. The minimum absolute atomic E-state index is 0.0525. The molecule has 0 spiro atoms. The van der Waals surface area contributed by atoms with Gasteiger partial charge in [0.05, 0.1) is 24.4 Å². The molecule has 0 saturated heterocycles. The van der Waals surface area contributed by atoms with Crippen LogP contribution in [0.4, 0.5) is 10.5 Å². The van der Waals surface area contributed by atoms with Gasteiger partial charge in [0, 0.05) is 11.3 Å². The molecule has 1 aromatic heterocycles. The number of urea groups is 1. The predicted molar refractivity (Wildman–Crippen MR) is 133 cm³/mol. The van der Waals surface area contributed by atoms with E-state index in [1.807, 2.05) is 43.3 Å². The molecule has 2 aliphatic heterocycles. The van der Waals surface area contributed by atoms with Gasteiger partial charge in [-0.25, -0.2) is 4.79 Å². The fourth-order valence-electron chi connectivity index (χ4n) is 4.53. The summed E-state index contributed by atoms with van der Waals surface area (Å²) in [4.78, 5) is 19.5. The number of para-hydroxylation sites is 1. The Hall–Kier alpha value is -4.99. The van der Waals surface area contributed by atoms with E-state index in [-0.39, 0.29) is 24.5 Å². The molecule has 4 aromatic rings. The van der Waals surface area contributed by atoms with Crippen LogP contribution in [0.1, 0.15) is 24.4 Å². The second kappa shape index (κ2) is 8.90. The number of aromatic nitrogens is 2. The monoisotopic (exact) mass is 498 g/mol. The number of ether oxygens (including phenoxy) is 3. The number of benzene rings is 3. The summed E-state index contributed by atoms with van der Waals surface area (Å²) in [5, 5.41) is 17.6. The minimum Gasteiger partial charge on any atom is -0.504 e. The molecule has 0 bridgehead atoms. The van der Waals surface area contributed by atoms with Gasteiger partial charge in [-0.2, -0.15) is 4.98 Å². The third-order valence-electron chi connectivity index (χ3n) is 6.32. The molecule has 37 heavy (non-hydrogen) atoms. The highest BCUT2D eigenvalue weighted by molar-refractivity contribution is 6.01. The molecule has 2 N–H and O–H groups in total. The number of hydrogen-bond donors (Lipinski definition) is 2. The van der Waals surface area contributed by atoms with Crippen molar-refractivity contribution < 1.29 is 28.6 Å². The highest BCUT2D eigenvalue weighted by Gasteiger charge is 2.37. The molecule has 6 rings (SSSR count). The van der Waals surface area contributed by atoms with Gasteiger partial charge in [-0.05, 0) is 55.0 Å². The van der Waals surface area contributed by atoms with Crippen LogP contribution in [0, 0.1) is 0 Å². The van der Waals surface area contributed by atoms with Gasteiger partial charge in [-0.3, -0.25) is 4.90 Å². The van der Waals surface area contributed by atoms with Crippen LogP contribution in [0.3, 0.4) is 0 Å². The number of rotatable bonds is 5. The number of amides is 2. The maximum Gasteiger partial charge on any atom is 0.326 e. The number of hydrogen-bond acceptors (Lipinski definition) is 8. The highest BCUT2D eigenvalue weighted by atomic mass is 16.7. The first-order chi connectivity index (χ1) is 18.0. The lowest BCUT2D eigenvalue weighted by Crippen LogP contribution is -2.46. The molecular weight excluding hydrogens is 476 g/mol. The van der Waals surface area contributed by atoms with Gasteiger partial charge in [0.25, 0.3) is 5.89 Å². The number of phenols is 1. The van der Waals surface area contributed by atoms with E-state index in [1.165, 1.54) is 7.11 Å². The van der Waals surface area contributed by atoms with Crippen LogP contribution in [-0.4, -0.2) is 35.2 Å². The number of nitrogens with zero attached hydrogens (tertiary/aromatic N) is 3. The first-order valence-corrected chi connectivity index (χ1v) is 11.5. The van der Waals surface area contributed by atoms with E-state index < -0.39 is 6.04 Å². The molecule has 1 atom stereocenters. The third-order valence-corrected chi connectivity index (χ3v) is 6.32. The van der Waals surface area contributed by atoms with Gasteiger partial charge in [-0.15, -0.1) is 0 Å². The van der Waals surface area contributed by atoms with Crippen molar-refractivity contribution in [2.75, 3.05) is 18.8 Å². The summed E-state index contributed by atoms with van der Waals surface area (Å²) >= 11 is 0. The Kier molecular flexibility index (Phi) is 5.41. The Labute approximate surface area is 211 Å². The zero-order valence-corrected chi connectivity index (χ0v) is 20.0. The molecule has 3 aromatic carbocycles. The third kappa shape index (κ3) is 3.88. The zero-order valence-electron chi connectivity index (χ0n) is 20.0. The van der Waals surface area contributed by atoms with E-state index in [9.17, 15) is 9.90 Å². The van der Waals surface area contributed by atoms with Gasteiger partial charge in [-0.1, -0.05) is 29.4 Å². The van der Waals surface area contributed by atoms with Gasteiger partial charge < -0.3 is 29.2 Å². The van der Waals surface area contributed by atoms with Crippen LogP contribution in [-0.2, 0) is 0 Å². The van der Waals surface area contributed by atoms with Crippen LogP contribution in [0.25, 0.3) is 17.0 Å². The number of aromatic hydroxyl groups is 1. The largest absolute Gasteiger partial charge is 0.504 e. The average molecular weight is 498 g/mol. The van der Waals surface area contributed by atoms with Crippen LogP contribution in [0.15, 0.2) is 77.0 Å². The molecular formula is C27H22N4O6. The van der Waals surface area contributed by atoms with Gasteiger partial charge in [0.2, 0.25) is 12.6 Å². The molecule has 1 unspecified atom stereocenters. The van der Waals surface area contributed by atoms with Crippen LogP contribution in [0.5, 0.6) is 23.0 Å². The van der Waals surface area contributed by atoms with Gasteiger partial charge in [0.1, 0.15) is 0 Å². The SMILES string of the molecule is COc1ccc(C2NC(=O)N(c3ccccc3)C(C)=C2c2nc(-c3ccc4c(c3)OCO4)no2)cc1O. The number of carbonyl (C=O) groups excluding carboxylic acids is 1. The molecule has 2 amide bonds. The Morgan fingerprint density at radius 1 is 1.05 bits per heavy atom. The molecule has 186 valence electrons. The minimum atomic E-state index is -0.672. The lowest BCUT2D eigenvalue weighted by molar-refractivity contribution is 0.174. The molecule has 0 fully saturated rings. The van der Waals surface area contributed by atoms with E-state index in [1.54, 1.807) is 35.2 Å². The van der Waals surface area contributed by atoms with E-state index in [4.69, 9.17) is 18.7 Å². The number of anilines is 1. The van der Waals surface area contributed by atoms with Crippen molar-refractivity contribution in [1.82, 2.24) is 15.5 Å². The lowest BCUT2D eigenvalue weighted by atomic mass is 9.94. The summed E-state index contributed by atoms with van der Waals surface area (Å²) in [6.45, 7) is 1.98. The van der Waals surface area contributed by atoms with Crippen LogP contribution < -0.4 is 24.4 Å². The van der Waals surface area contributed by atoms with Crippen molar-refractivity contribution in [2.24, 2.45) is 0 Å². The number of allylic oxidation sites excluding steroid dienone is 1.